The quantitative estimate of drug-likeness (QED) is 0.623. The summed E-state index contributed by atoms with van der Waals surface area (Å²) in [5.41, 5.74) is 0. The molecule has 0 spiro atoms. The number of rotatable bonds is 5. The molecule has 6 heteroatoms. The predicted molar refractivity (Wildman–Crippen MR) is 56.0 cm³/mol. The Bertz CT molecular complexity index is 247. The minimum Gasteiger partial charge on any atom is -0.303 e. The molecule has 0 aromatic heterocycles. The minimum atomic E-state index is -3.50. The summed E-state index contributed by atoms with van der Waals surface area (Å²) in [6.07, 6.45) is 4.69. The SMILES string of the molecule is NS(=O)(=O)NCCCN1CCCCC1. The second kappa shape index (κ2) is 5.65. The van der Waals surface area contributed by atoms with E-state index in [1.807, 2.05) is 0 Å². The zero-order valence-corrected chi connectivity index (χ0v) is 9.22. The van der Waals surface area contributed by atoms with Crippen LogP contribution in [0.5, 0.6) is 0 Å². The molecule has 3 N–H and O–H groups in total. The summed E-state index contributed by atoms with van der Waals surface area (Å²) in [6.45, 7) is 3.70. The van der Waals surface area contributed by atoms with Crippen LogP contribution in [0.2, 0.25) is 0 Å². The van der Waals surface area contributed by atoms with Crippen LogP contribution in [0.25, 0.3) is 0 Å². The molecule has 0 aliphatic carbocycles. The summed E-state index contributed by atoms with van der Waals surface area (Å²) in [7, 11) is -3.50. The maximum Gasteiger partial charge on any atom is 0.274 e. The maximum atomic E-state index is 10.5. The summed E-state index contributed by atoms with van der Waals surface area (Å²) in [4.78, 5) is 2.37. The number of nitrogens with zero attached hydrogens (tertiary/aromatic N) is 1. The number of piperidine rings is 1. The highest BCUT2D eigenvalue weighted by atomic mass is 32.2. The molecule has 0 atom stereocenters. The van der Waals surface area contributed by atoms with Gasteiger partial charge < -0.3 is 4.90 Å². The zero-order chi connectivity index (χ0) is 10.4. The first-order valence-electron chi connectivity index (χ1n) is 5.08. The third-order valence-corrected chi connectivity index (χ3v) is 3.01. The normalized spacial score (nSPS) is 19.8. The van der Waals surface area contributed by atoms with Gasteiger partial charge in [0.05, 0.1) is 0 Å². The van der Waals surface area contributed by atoms with Crippen molar-refractivity contribution in [2.24, 2.45) is 5.14 Å². The van der Waals surface area contributed by atoms with Crippen LogP contribution in [0.4, 0.5) is 0 Å². The van der Waals surface area contributed by atoms with Gasteiger partial charge >= 0.3 is 0 Å². The smallest absolute Gasteiger partial charge is 0.274 e. The topological polar surface area (TPSA) is 75.4 Å². The van der Waals surface area contributed by atoms with Gasteiger partial charge in [-0.15, -0.1) is 0 Å². The lowest BCUT2D eigenvalue weighted by Crippen LogP contribution is -2.35. The molecule has 0 aromatic rings. The van der Waals surface area contributed by atoms with Gasteiger partial charge in [-0.25, -0.2) is 9.86 Å². The summed E-state index contributed by atoms with van der Waals surface area (Å²) in [5, 5.41) is 4.80. The van der Waals surface area contributed by atoms with Gasteiger partial charge in [-0.3, -0.25) is 0 Å². The first-order chi connectivity index (χ1) is 6.58. The Morgan fingerprint density at radius 3 is 2.43 bits per heavy atom. The van der Waals surface area contributed by atoms with Crippen molar-refractivity contribution in [3.63, 3.8) is 0 Å². The van der Waals surface area contributed by atoms with Crippen molar-refractivity contribution >= 4 is 10.2 Å². The van der Waals surface area contributed by atoms with Crippen LogP contribution in [-0.2, 0) is 10.2 Å². The molecular weight excluding hydrogens is 202 g/mol. The summed E-state index contributed by atoms with van der Waals surface area (Å²) in [5.74, 6) is 0. The third-order valence-electron chi connectivity index (χ3n) is 2.40. The van der Waals surface area contributed by atoms with E-state index in [0.29, 0.717) is 6.54 Å². The molecule has 1 heterocycles. The molecule has 0 bridgehead atoms. The Kier molecular flexibility index (Phi) is 4.80. The van der Waals surface area contributed by atoms with E-state index in [0.717, 1.165) is 26.1 Å². The van der Waals surface area contributed by atoms with Gasteiger partial charge in [-0.1, -0.05) is 6.42 Å². The van der Waals surface area contributed by atoms with E-state index < -0.39 is 10.2 Å². The van der Waals surface area contributed by atoms with Crippen LogP contribution in [0.15, 0.2) is 0 Å². The van der Waals surface area contributed by atoms with Crippen LogP contribution < -0.4 is 9.86 Å². The molecule has 0 radical (unpaired) electrons. The van der Waals surface area contributed by atoms with Crippen molar-refractivity contribution in [3.05, 3.63) is 0 Å². The molecule has 14 heavy (non-hydrogen) atoms. The monoisotopic (exact) mass is 221 g/mol. The lowest BCUT2D eigenvalue weighted by atomic mass is 10.1. The highest BCUT2D eigenvalue weighted by Crippen LogP contribution is 2.08. The molecule has 1 aliphatic rings. The van der Waals surface area contributed by atoms with Gasteiger partial charge in [0, 0.05) is 6.54 Å². The maximum absolute atomic E-state index is 10.5. The standard InChI is InChI=1S/C8H19N3O2S/c9-14(12,13)10-5-4-8-11-6-2-1-3-7-11/h10H,1-8H2,(H2,9,12,13). The highest BCUT2D eigenvalue weighted by molar-refractivity contribution is 7.87. The van der Waals surface area contributed by atoms with Crippen LogP contribution in [0.1, 0.15) is 25.7 Å². The average Bonchev–Trinajstić information content (AvgIpc) is 2.13. The molecule has 0 aromatic carbocycles. The number of hydrogen-bond donors (Lipinski definition) is 2. The fourth-order valence-corrected chi connectivity index (χ4v) is 2.13. The first-order valence-corrected chi connectivity index (χ1v) is 6.62. The van der Waals surface area contributed by atoms with Crippen molar-refractivity contribution in [3.8, 4) is 0 Å². The van der Waals surface area contributed by atoms with E-state index >= 15 is 0 Å². The predicted octanol–water partition coefficient (Wildman–Crippen LogP) is -0.344. The first kappa shape index (κ1) is 11.9. The van der Waals surface area contributed by atoms with Gasteiger partial charge in [0.25, 0.3) is 10.2 Å². The van der Waals surface area contributed by atoms with Gasteiger partial charge in [0.15, 0.2) is 0 Å². The van der Waals surface area contributed by atoms with Crippen molar-refractivity contribution in [2.75, 3.05) is 26.2 Å². The Morgan fingerprint density at radius 2 is 1.86 bits per heavy atom. The molecule has 0 unspecified atom stereocenters. The van der Waals surface area contributed by atoms with Crippen molar-refractivity contribution in [1.29, 1.82) is 0 Å². The van der Waals surface area contributed by atoms with Gasteiger partial charge in [-0.05, 0) is 38.9 Å². The lowest BCUT2D eigenvalue weighted by molar-refractivity contribution is 0.227. The van der Waals surface area contributed by atoms with E-state index in [2.05, 4.69) is 9.62 Å². The summed E-state index contributed by atoms with van der Waals surface area (Å²) < 4.78 is 23.4. The molecular formula is C8H19N3O2S. The fourth-order valence-electron chi connectivity index (χ4n) is 1.70. The largest absolute Gasteiger partial charge is 0.303 e. The van der Waals surface area contributed by atoms with E-state index in [-0.39, 0.29) is 0 Å². The number of nitrogens with two attached hydrogens (primary N) is 1. The van der Waals surface area contributed by atoms with Crippen molar-refractivity contribution in [1.82, 2.24) is 9.62 Å². The zero-order valence-electron chi connectivity index (χ0n) is 8.41. The molecule has 5 nitrogen and oxygen atoms in total. The number of hydrogen-bond acceptors (Lipinski definition) is 3. The fraction of sp³-hybridized carbons (Fsp3) is 1.00. The van der Waals surface area contributed by atoms with Gasteiger partial charge in [0.1, 0.15) is 0 Å². The summed E-state index contributed by atoms with van der Waals surface area (Å²) >= 11 is 0. The van der Waals surface area contributed by atoms with E-state index in [9.17, 15) is 8.42 Å². The van der Waals surface area contributed by atoms with Gasteiger partial charge in [0.2, 0.25) is 0 Å². The number of likely N-dealkylation sites (tertiary alicyclic amines) is 1. The van der Waals surface area contributed by atoms with Gasteiger partial charge in [-0.2, -0.15) is 8.42 Å². The third kappa shape index (κ3) is 5.54. The van der Waals surface area contributed by atoms with Crippen LogP contribution >= 0.6 is 0 Å². The Hall–Kier alpha value is -0.170. The van der Waals surface area contributed by atoms with Crippen LogP contribution in [0.3, 0.4) is 0 Å². The Labute approximate surface area is 85.8 Å². The average molecular weight is 221 g/mol. The molecule has 0 amide bonds. The second-order valence-electron chi connectivity index (χ2n) is 3.70. The minimum absolute atomic E-state index is 0.440. The van der Waals surface area contributed by atoms with E-state index in [1.54, 1.807) is 0 Å². The molecule has 84 valence electrons. The molecule has 1 fully saturated rings. The number of nitrogens with one attached hydrogen (secondary N) is 1. The molecule has 1 rings (SSSR count). The Morgan fingerprint density at radius 1 is 1.21 bits per heavy atom. The van der Waals surface area contributed by atoms with E-state index in [4.69, 9.17) is 5.14 Å². The van der Waals surface area contributed by atoms with Crippen LogP contribution in [-0.4, -0.2) is 39.5 Å². The van der Waals surface area contributed by atoms with Crippen LogP contribution in [0, 0.1) is 0 Å². The lowest BCUT2D eigenvalue weighted by Gasteiger charge is -2.26. The molecule has 0 saturated carbocycles. The van der Waals surface area contributed by atoms with Crippen molar-refractivity contribution < 1.29 is 8.42 Å². The van der Waals surface area contributed by atoms with E-state index in [1.165, 1.54) is 19.3 Å². The molecule has 1 aliphatic heterocycles. The second-order valence-corrected chi connectivity index (χ2v) is 5.07. The highest BCUT2D eigenvalue weighted by Gasteiger charge is 2.09. The molecule has 1 saturated heterocycles. The Balaban J connectivity index is 2.03. The summed E-state index contributed by atoms with van der Waals surface area (Å²) in [6, 6.07) is 0. The van der Waals surface area contributed by atoms with Crippen molar-refractivity contribution in [2.45, 2.75) is 25.7 Å².